The van der Waals surface area contributed by atoms with Crippen LogP contribution in [0.15, 0.2) is 36.4 Å². The second-order valence-electron chi connectivity index (χ2n) is 5.78. The quantitative estimate of drug-likeness (QED) is 0.232. The van der Waals surface area contributed by atoms with Crippen LogP contribution < -0.4 is 0 Å². The molecular weight excluding hydrogens is 440 g/mol. The molecule has 0 aliphatic rings. The molecule has 0 aromatic heterocycles. The maximum atomic E-state index is 12.0. The fraction of sp³-hybridized carbons (Fsp3) is 0.125. The zero-order chi connectivity index (χ0) is 24.0. The maximum absolute atomic E-state index is 12.0. The van der Waals surface area contributed by atoms with Gasteiger partial charge < -0.3 is 9.47 Å². The zero-order valence-corrected chi connectivity index (χ0v) is 15.6. The van der Waals surface area contributed by atoms with Gasteiger partial charge in [-0.25, -0.2) is 9.59 Å². The van der Waals surface area contributed by atoms with E-state index >= 15 is 0 Å². The standard InChI is InChI=1S/C16H10N4O12/c21-15(9-3-11(17(23)24)7-12(4-9)18(25)26)31-1-2-32-16(22)10-5-13(19(27)28)8-14(6-10)20(29)30/h3-8H,1-2H2. The number of nitro benzene ring substituents is 4. The number of rotatable bonds is 9. The number of benzene rings is 2. The van der Waals surface area contributed by atoms with Gasteiger partial charge in [0.2, 0.25) is 0 Å². The van der Waals surface area contributed by atoms with Crippen LogP contribution in [0.3, 0.4) is 0 Å². The van der Waals surface area contributed by atoms with Crippen LogP contribution in [-0.4, -0.2) is 44.8 Å². The second kappa shape index (κ2) is 9.65. The molecule has 0 saturated carbocycles. The van der Waals surface area contributed by atoms with Crippen LogP contribution in [0.1, 0.15) is 20.7 Å². The first kappa shape index (κ1) is 23.3. The van der Waals surface area contributed by atoms with Gasteiger partial charge in [-0.2, -0.15) is 0 Å². The molecule has 2 rings (SSSR count). The van der Waals surface area contributed by atoms with Gasteiger partial charge in [0.1, 0.15) is 13.2 Å². The Labute approximate surface area is 175 Å². The first-order chi connectivity index (χ1) is 15.0. The van der Waals surface area contributed by atoms with E-state index in [2.05, 4.69) is 0 Å². The Balaban J connectivity index is 2.03. The molecule has 16 nitrogen and oxygen atoms in total. The molecule has 32 heavy (non-hydrogen) atoms. The Hall–Kier alpha value is -5.02. The van der Waals surface area contributed by atoms with Crippen LogP contribution in [0.25, 0.3) is 0 Å². The van der Waals surface area contributed by atoms with Crippen molar-refractivity contribution in [2.45, 2.75) is 0 Å². The first-order valence-corrected chi connectivity index (χ1v) is 8.21. The lowest BCUT2D eigenvalue weighted by Crippen LogP contribution is -2.15. The van der Waals surface area contributed by atoms with Gasteiger partial charge >= 0.3 is 11.9 Å². The number of non-ortho nitro benzene ring substituents is 4. The third kappa shape index (κ3) is 5.75. The van der Waals surface area contributed by atoms with Gasteiger partial charge in [-0.15, -0.1) is 0 Å². The molecule has 0 aliphatic heterocycles. The summed E-state index contributed by atoms with van der Waals surface area (Å²) in [6, 6.07) is 4.31. The molecule has 0 saturated heterocycles. The maximum Gasteiger partial charge on any atom is 0.338 e. The summed E-state index contributed by atoms with van der Waals surface area (Å²) in [7, 11) is 0. The van der Waals surface area contributed by atoms with E-state index in [-0.39, 0.29) is 0 Å². The molecule has 2 aromatic carbocycles. The van der Waals surface area contributed by atoms with Crippen molar-refractivity contribution in [2.24, 2.45) is 0 Å². The number of carbonyl (C=O) groups is 2. The van der Waals surface area contributed by atoms with Crippen molar-refractivity contribution in [3.63, 3.8) is 0 Å². The number of ether oxygens (including phenoxy) is 2. The van der Waals surface area contributed by atoms with E-state index in [4.69, 9.17) is 9.47 Å². The Morgan fingerprint density at radius 3 is 1.03 bits per heavy atom. The Bertz CT molecular complexity index is 992. The Kier molecular flexibility index (Phi) is 7.02. The van der Waals surface area contributed by atoms with Crippen molar-refractivity contribution in [1.82, 2.24) is 0 Å². The van der Waals surface area contributed by atoms with Crippen LogP contribution in [0.5, 0.6) is 0 Å². The summed E-state index contributed by atoms with van der Waals surface area (Å²) in [6.07, 6.45) is 0. The molecule has 16 heteroatoms. The molecule has 0 fully saturated rings. The van der Waals surface area contributed by atoms with Crippen molar-refractivity contribution in [1.29, 1.82) is 0 Å². The van der Waals surface area contributed by atoms with Crippen molar-refractivity contribution >= 4 is 34.7 Å². The summed E-state index contributed by atoms with van der Waals surface area (Å²) in [4.78, 5) is 63.6. The number of hydrogen-bond acceptors (Lipinski definition) is 12. The highest BCUT2D eigenvalue weighted by Crippen LogP contribution is 2.24. The van der Waals surface area contributed by atoms with Gasteiger partial charge in [-0.05, 0) is 0 Å². The van der Waals surface area contributed by atoms with Gasteiger partial charge in [0.25, 0.3) is 22.7 Å². The van der Waals surface area contributed by atoms with Gasteiger partial charge in [-0.3, -0.25) is 40.5 Å². The molecule has 0 N–H and O–H groups in total. The van der Waals surface area contributed by atoms with E-state index in [1.807, 2.05) is 0 Å². The molecule has 0 atom stereocenters. The van der Waals surface area contributed by atoms with Crippen LogP contribution in [0.4, 0.5) is 22.7 Å². The van der Waals surface area contributed by atoms with E-state index < -0.39 is 78.7 Å². The topological polar surface area (TPSA) is 225 Å². The highest BCUT2D eigenvalue weighted by Gasteiger charge is 2.22. The lowest BCUT2D eigenvalue weighted by Gasteiger charge is -2.07. The minimum atomic E-state index is -1.18. The van der Waals surface area contributed by atoms with Gasteiger partial charge in [-0.1, -0.05) is 0 Å². The SMILES string of the molecule is O=C(OCCOC(=O)c1cc([N+](=O)[O-])cc([N+](=O)[O-])c1)c1cc([N+](=O)[O-])cc([N+](=O)[O-])c1. The molecule has 0 radical (unpaired) electrons. The molecule has 166 valence electrons. The Morgan fingerprint density at radius 2 is 0.812 bits per heavy atom. The van der Waals surface area contributed by atoms with Crippen molar-refractivity contribution in [2.75, 3.05) is 13.2 Å². The third-order valence-electron chi connectivity index (χ3n) is 3.67. The second-order valence-corrected chi connectivity index (χ2v) is 5.78. The predicted octanol–water partition coefficient (Wildman–Crippen LogP) is 2.33. The molecule has 2 aromatic rings. The number of carbonyl (C=O) groups excluding carboxylic acids is 2. The zero-order valence-electron chi connectivity index (χ0n) is 15.6. The number of hydrogen-bond donors (Lipinski definition) is 0. The molecule has 0 heterocycles. The number of nitrogens with zero attached hydrogens (tertiary/aromatic N) is 4. The lowest BCUT2D eigenvalue weighted by atomic mass is 10.2. The van der Waals surface area contributed by atoms with E-state index in [0.717, 1.165) is 24.3 Å². The summed E-state index contributed by atoms with van der Waals surface area (Å²) in [5.74, 6) is -2.36. The average Bonchev–Trinajstić information content (AvgIpc) is 2.75. The number of nitro groups is 4. The molecular formula is C16H10N4O12. The molecule has 0 amide bonds. The van der Waals surface area contributed by atoms with E-state index in [1.165, 1.54) is 0 Å². The molecule has 0 spiro atoms. The lowest BCUT2D eigenvalue weighted by molar-refractivity contribution is -0.394. The smallest absolute Gasteiger partial charge is 0.338 e. The van der Waals surface area contributed by atoms with Crippen LogP contribution in [0, 0.1) is 40.5 Å². The van der Waals surface area contributed by atoms with E-state index in [1.54, 1.807) is 0 Å². The molecule has 0 aliphatic carbocycles. The van der Waals surface area contributed by atoms with Crippen molar-refractivity contribution in [3.8, 4) is 0 Å². The van der Waals surface area contributed by atoms with Gasteiger partial charge in [0.05, 0.1) is 43.0 Å². The van der Waals surface area contributed by atoms with Crippen LogP contribution in [-0.2, 0) is 9.47 Å². The summed E-state index contributed by atoms with van der Waals surface area (Å²) < 4.78 is 9.46. The molecule has 0 bridgehead atoms. The van der Waals surface area contributed by atoms with E-state index in [0.29, 0.717) is 12.1 Å². The van der Waals surface area contributed by atoms with Crippen LogP contribution in [0.2, 0.25) is 0 Å². The fourth-order valence-electron chi connectivity index (χ4n) is 2.28. The minimum absolute atomic E-state index is 0.494. The van der Waals surface area contributed by atoms with Crippen molar-refractivity contribution in [3.05, 3.63) is 88.0 Å². The predicted molar refractivity (Wildman–Crippen MR) is 100 cm³/mol. The van der Waals surface area contributed by atoms with Crippen molar-refractivity contribution < 1.29 is 38.8 Å². The minimum Gasteiger partial charge on any atom is -0.458 e. The largest absolute Gasteiger partial charge is 0.458 e. The fourth-order valence-corrected chi connectivity index (χ4v) is 2.28. The Morgan fingerprint density at radius 1 is 0.562 bits per heavy atom. The third-order valence-corrected chi connectivity index (χ3v) is 3.67. The van der Waals surface area contributed by atoms with Crippen LogP contribution >= 0.6 is 0 Å². The summed E-state index contributed by atoms with van der Waals surface area (Å²) >= 11 is 0. The molecule has 0 unspecified atom stereocenters. The first-order valence-electron chi connectivity index (χ1n) is 8.21. The normalized spacial score (nSPS) is 10.1. The highest BCUT2D eigenvalue weighted by molar-refractivity contribution is 5.92. The average molecular weight is 450 g/mol. The number of esters is 2. The summed E-state index contributed by atoms with van der Waals surface area (Å²) in [5, 5.41) is 43.4. The van der Waals surface area contributed by atoms with Gasteiger partial charge in [0.15, 0.2) is 0 Å². The monoisotopic (exact) mass is 450 g/mol. The highest BCUT2D eigenvalue weighted by atomic mass is 16.6. The summed E-state index contributed by atoms with van der Waals surface area (Å²) in [5.41, 5.74) is -3.86. The van der Waals surface area contributed by atoms with E-state index in [9.17, 15) is 50.0 Å². The summed E-state index contributed by atoms with van der Waals surface area (Å²) in [6.45, 7) is -1.17. The van der Waals surface area contributed by atoms with Gasteiger partial charge in [0, 0.05) is 24.3 Å².